The van der Waals surface area contributed by atoms with Gasteiger partial charge in [-0.15, -0.1) is 0 Å². The van der Waals surface area contributed by atoms with Gasteiger partial charge in [0, 0.05) is 1.37 Å². The number of benzene rings is 1. The lowest BCUT2D eigenvalue weighted by atomic mass is 10.2. The van der Waals surface area contributed by atoms with Crippen molar-refractivity contribution >= 4 is 0 Å². The van der Waals surface area contributed by atoms with Gasteiger partial charge in [0.15, 0.2) is 0 Å². The van der Waals surface area contributed by atoms with Crippen molar-refractivity contribution in [3.05, 3.63) is 35.9 Å². The lowest BCUT2D eigenvalue weighted by Gasteiger charge is -1.89. The number of hydrogen-bond acceptors (Lipinski definition) is 0. The van der Waals surface area contributed by atoms with E-state index in [1.54, 1.807) is 0 Å². The summed E-state index contributed by atoms with van der Waals surface area (Å²) >= 11 is 0. The average Bonchev–Trinajstić information content (AvgIpc) is 1.90. The Morgan fingerprint density at radius 1 is 1.38 bits per heavy atom. The van der Waals surface area contributed by atoms with E-state index in [-0.39, 0.29) is 6.40 Å². The summed E-state index contributed by atoms with van der Waals surface area (Å²) in [5.41, 5.74) is 1.08. The highest BCUT2D eigenvalue weighted by molar-refractivity contribution is 5.13. The summed E-state index contributed by atoms with van der Waals surface area (Å²) in [6, 6.07) is 9.82. The molecule has 0 N–H and O–H groups in total. The first-order valence-corrected chi connectivity index (χ1v) is 2.78. The number of hydrogen-bond donors (Lipinski definition) is 0. The van der Waals surface area contributed by atoms with E-state index in [9.17, 15) is 0 Å². The van der Waals surface area contributed by atoms with Crippen LogP contribution in [0.5, 0.6) is 0 Å². The van der Waals surface area contributed by atoms with Gasteiger partial charge in [-0.05, 0) is 12.0 Å². The zero-order valence-electron chi connectivity index (χ0n) is 5.96. The smallest absolute Gasteiger partial charge is 0.0313 e. The normalized spacial score (nSPS) is 14.9. The SMILES string of the molecule is [2H][C@H](C)c1ccccc1. The minimum Gasteiger partial charge on any atom is -0.0622 e. The molecule has 0 saturated carbocycles. The van der Waals surface area contributed by atoms with E-state index in [4.69, 9.17) is 1.37 Å². The molecule has 0 fully saturated rings. The van der Waals surface area contributed by atoms with E-state index in [2.05, 4.69) is 0 Å². The van der Waals surface area contributed by atoms with Crippen molar-refractivity contribution in [2.24, 2.45) is 0 Å². The van der Waals surface area contributed by atoms with Crippen molar-refractivity contribution in [2.75, 3.05) is 0 Å². The van der Waals surface area contributed by atoms with Gasteiger partial charge in [0.05, 0.1) is 0 Å². The molecule has 0 radical (unpaired) electrons. The standard InChI is InChI=1S/C8H10/c1-2-8-6-4-3-5-7-8/h3-7H,2H2,1H3/i2D/t2-/m1/s1. The molecule has 0 nitrogen and oxygen atoms in total. The zero-order valence-corrected chi connectivity index (χ0v) is 4.96. The molecule has 1 rings (SSSR count). The van der Waals surface area contributed by atoms with Gasteiger partial charge in [-0.2, -0.15) is 0 Å². The molecule has 0 aliphatic heterocycles. The Balaban J connectivity index is 2.85. The fourth-order valence-corrected chi connectivity index (χ4v) is 0.645. The highest BCUT2D eigenvalue weighted by Gasteiger charge is 1.79. The van der Waals surface area contributed by atoms with Crippen LogP contribution in [-0.2, 0) is 6.40 Å². The molecule has 0 aliphatic carbocycles. The van der Waals surface area contributed by atoms with Gasteiger partial charge in [-0.3, -0.25) is 0 Å². The second kappa shape index (κ2) is 2.51. The molecular weight excluding hydrogens is 96.1 g/mol. The quantitative estimate of drug-likeness (QED) is 0.516. The maximum absolute atomic E-state index is 7.32. The van der Waals surface area contributed by atoms with Crippen LogP contribution >= 0.6 is 0 Å². The Bertz CT molecular complexity index is 167. The van der Waals surface area contributed by atoms with Crippen LogP contribution < -0.4 is 0 Å². The highest BCUT2D eigenvalue weighted by atomic mass is 13.9. The number of rotatable bonds is 1. The fourth-order valence-electron chi connectivity index (χ4n) is 0.645. The largest absolute Gasteiger partial charge is 0.0622 e. The Kier molecular flexibility index (Phi) is 1.30. The Hall–Kier alpha value is -0.780. The first-order chi connectivity index (χ1) is 4.30. The second-order valence-electron chi connectivity index (χ2n) is 1.70. The number of aryl methyl sites for hydroxylation is 1. The summed E-state index contributed by atoms with van der Waals surface area (Å²) in [6.45, 7) is 1.87. The third-order valence-electron chi connectivity index (χ3n) is 1.13. The highest BCUT2D eigenvalue weighted by Crippen LogP contribution is 1.96. The molecule has 0 heteroatoms. The predicted octanol–water partition coefficient (Wildman–Crippen LogP) is 2.25. The maximum Gasteiger partial charge on any atom is 0.0313 e. The van der Waals surface area contributed by atoms with Gasteiger partial charge in [0.1, 0.15) is 0 Å². The molecule has 1 aromatic rings. The molecule has 42 valence electrons. The molecule has 0 aromatic heterocycles. The van der Waals surface area contributed by atoms with Gasteiger partial charge in [0.2, 0.25) is 0 Å². The van der Waals surface area contributed by atoms with Gasteiger partial charge < -0.3 is 0 Å². The fraction of sp³-hybridized carbons (Fsp3) is 0.250. The maximum atomic E-state index is 7.32. The van der Waals surface area contributed by atoms with Gasteiger partial charge in [-0.25, -0.2) is 0 Å². The van der Waals surface area contributed by atoms with Crippen LogP contribution in [0, 0.1) is 0 Å². The lowest BCUT2D eigenvalue weighted by Crippen LogP contribution is -1.73. The first-order valence-electron chi connectivity index (χ1n) is 3.35. The molecule has 8 heavy (non-hydrogen) atoms. The second-order valence-corrected chi connectivity index (χ2v) is 1.70. The Labute approximate surface area is 51.6 Å². The topological polar surface area (TPSA) is 0 Å². The first kappa shape index (κ1) is 4.13. The molecule has 0 bridgehead atoms. The Morgan fingerprint density at radius 2 is 2.00 bits per heavy atom. The monoisotopic (exact) mass is 107 g/mol. The van der Waals surface area contributed by atoms with E-state index in [1.165, 1.54) is 0 Å². The molecule has 0 aliphatic rings. The molecule has 0 heterocycles. The van der Waals surface area contributed by atoms with Crippen molar-refractivity contribution in [3.63, 3.8) is 0 Å². The molecule has 0 saturated heterocycles. The summed E-state index contributed by atoms with van der Waals surface area (Å²) < 4.78 is 7.32. The lowest BCUT2D eigenvalue weighted by molar-refractivity contribution is 1.14. The summed E-state index contributed by atoms with van der Waals surface area (Å²) in [4.78, 5) is 0. The molecular formula is C8H10. The minimum absolute atomic E-state index is 0.0915. The van der Waals surface area contributed by atoms with E-state index in [1.807, 2.05) is 37.3 Å². The predicted molar refractivity (Wildman–Crippen MR) is 35.8 cm³/mol. The van der Waals surface area contributed by atoms with Crippen molar-refractivity contribution in [2.45, 2.75) is 13.3 Å². The zero-order chi connectivity index (χ0) is 6.69. The Morgan fingerprint density at radius 3 is 2.38 bits per heavy atom. The van der Waals surface area contributed by atoms with Crippen LogP contribution in [0.25, 0.3) is 0 Å². The van der Waals surface area contributed by atoms with Gasteiger partial charge in [0.25, 0.3) is 0 Å². The van der Waals surface area contributed by atoms with Crippen molar-refractivity contribution in [1.29, 1.82) is 0 Å². The van der Waals surface area contributed by atoms with Crippen molar-refractivity contribution in [3.8, 4) is 0 Å². The molecule has 1 atom stereocenters. The minimum atomic E-state index is -0.0915. The van der Waals surface area contributed by atoms with Crippen LogP contribution in [-0.4, -0.2) is 0 Å². The van der Waals surface area contributed by atoms with Crippen LogP contribution in [0.1, 0.15) is 13.9 Å². The summed E-state index contributed by atoms with van der Waals surface area (Å²) in [5.74, 6) is 0. The van der Waals surface area contributed by atoms with Crippen LogP contribution in [0.2, 0.25) is 0 Å². The average molecular weight is 107 g/mol. The van der Waals surface area contributed by atoms with E-state index in [0.717, 1.165) is 5.56 Å². The molecule has 0 amide bonds. The van der Waals surface area contributed by atoms with E-state index in [0.29, 0.717) is 0 Å². The third kappa shape index (κ3) is 1.09. The van der Waals surface area contributed by atoms with Crippen LogP contribution in [0.3, 0.4) is 0 Å². The molecule has 0 unspecified atom stereocenters. The van der Waals surface area contributed by atoms with Crippen molar-refractivity contribution in [1.82, 2.24) is 0 Å². The third-order valence-corrected chi connectivity index (χ3v) is 1.13. The summed E-state index contributed by atoms with van der Waals surface area (Å²) in [5, 5.41) is 0. The van der Waals surface area contributed by atoms with Gasteiger partial charge in [-0.1, -0.05) is 37.3 Å². The summed E-state index contributed by atoms with van der Waals surface area (Å²) in [6.07, 6.45) is -0.0915. The van der Waals surface area contributed by atoms with Crippen LogP contribution in [0.4, 0.5) is 0 Å². The van der Waals surface area contributed by atoms with Crippen molar-refractivity contribution < 1.29 is 1.37 Å². The van der Waals surface area contributed by atoms with Crippen LogP contribution in [0.15, 0.2) is 30.3 Å². The van der Waals surface area contributed by atoms with E-state index >= 15 is 0 Å². The van der Waals surface area contributed by atoms with Gasteiger partial charge >= 0.3 is 0 Å². The molecule has 0 spiro atoms. The van der Waals surface area contributed by atoms with E-state index < -0.39 is 0 Å². The molecule has 1 aromatic carbocycles. The summed E-state index contributed by atoms with van der Waals surface area (Å²) in [7, 11) is 0.